The first-order valence-corrected chi connectivity index (χ1v) is 11.2. The van der Waals surface area contributed by atoms with Crippen molar-refractivity contribution in [3.05, 3.63) is 64.1 Å². The highest BCUT2D eigenvalue weighted by molar-refractivity contribution is 6.31. The predicted molar refractivity (Wildman–Crippen MR) is 121 cm³/mol. The van der Waals surface area contributed by atoms with E-state index in [1.165, 1.54) is 12.1 Å². The number of hydrogen-bond acceptors (Lipinski definition) is 5. The summed E-state index contributed by atoms with van der Waals surface area (Å²) in [5.74, 6) is -0.855. The molecule has 3 aliphatic rings. The molecule has 10 heteroatoms. The van der Waals surface area contributed by atoms with E-state index in [4.69, 9.17) is 32.4 Å². The molecule has 0 unspecified atom stereocenters. The molecule has 2 amide bonds. The highest BCUT2D eigenvalue weighted by Crippen LogP contribution is 2.54. The second-order valence-corrected chi connectivity index (χ2v) is 9.54. The number of nitrogens with one attached hydrogen (secondary N) is 3. The van der Waals surface area contributed by atoms with Crippen molar-refractivity contribution >= 4 is 46.0 Å². The van der Waals surface area contributed by atoms with Crippen LogP contribution in [0.5, 0.6) is 5.75 Å². The summed E-state index contributed by atoms with van der Waals surface area (Å²) in [6.07, 6.45) is 2.93. The summed E-state index contributed by atoms with van der Waals surface area (Å²) < 4.78 is 24.4. The molecular formula is C23H20Cl2FN3O4. The Morgan fingerprint density at radius 3 is 2.64 bits per heavy atom. The maximum atomic E-state index is 13.5. The molecule has 0 saturated heterocycles. The number of hydrazine groups is 1. The normalized spacial score (nSPS) is 23.2. The van der Waals surface area contributed by atoms with Gasteiger partial charge in [-0.25, -0.2) is 9.82 Å². The minimum absolute atomic E-state index is 0.00763. The van der Waals surface area contributed by atoms with Gasteiger partial charge in [-0.2, -0.15) is 0 Å². The summed E-state index contributed by atoms with van der Waals surface area (Å²) in [6, 6.07) is 10.8. The standard InChI is InChI=1S/C23H20Cl2FN3O4/c24-14-1-4-18-13(7-14)8-19(33-18)21(31)28-29-23-6-5-22(11-23,12-23)27-20(30)10-32-15-2-3-16(25)17(26)9-15/h1-4,7-9,29H,5-6,10-12H2,(H,27,30)(H,28,31). The van der Waals surface area contributed by atoms with E-state index >= 15 is 0 Å². The van der Waals surface area contributed by atoms with E-state index in [1.807, 2.05) is 0 Å². The molecule has 1 heterocycles. The lowest BCUT2D eigenvalue weighted by molar-refractivity contribution is -0.126. The molecule has 3 fully saturated rings. The van der Waals surface area contributed by atoms with Crippen molar-refractivity contribution in [3.63, 3.8) is 0 Å². The van der Waals surface area contributed by atoms with Gasteiger partial charge in [0.25, 0.3) is 5.91 Å². The fourth-order valence-electron chi connectivity index (χ4n) is 4.80. The number of fused-ring (bicyclic) bond motifs is 2. The quantitative estimate of drug-likeness (QED) is 0.426. The van der Waals surface area contributed by atoms with E-state index in [0.29, 0.717) is 23.4 Å². The van der Waals surface area contributed by atoms with Crippen LogP contribution in [0.1, 0.15) is 36.2 Å². The van der Waals surface area contributed by atoms with Crippen LogP contribution >= 0.6 is 23.2 Å². The van der Waals surface area contributed by atoms with Gasteiger partial charge >= 0.3 is 5.91 Å². The molecule has 0 atom stereocenters. The number of benzene rings is 2. The Labute approximate surface area is 198 Å². The van der Waals surface area contributed by atoms with Crippen molar-refractivity contribution in [3.8, 4) is 5.75 Å². The van der Waals surface area contributed by atoms with Gasteiger partial charge in [0, 0.05) is 27.6 Å². The van der Waals surface area contributed by atoms with E-state index in [0.717, 1.165) is 24.3 Å². The molecule has 0 spiro atoms. The van der Waals surface area contributed by atoms with Crippen LogP contribution in [0.25, 0.3) is 11.0 Å². The summed E-state index contributed by atoms with van der Waals surface area (Å²) in [6.45, 7) is -0.226. The van der Waals surface area contributed by atoms with E-state index in [-0.39, 0.29) is 46.0 Å². The molecule has 3 N–H and O–H groups in total. The third-order valence-electron chi connectivity index (χ3n) is 6.24. The fraction of sp³-hybridized carbons (Fsp3) is 0.304. The zero-order valence-electron chi connectivity index (χ0n) is 17.3. The van der Waals surface area contributed by atoms with Gasteiger partial charge in [0.1, 0.15) is 17.1 Å². The first kappa shape index (κ1) is 22.0. The van der Waals surface area contributed by atoms with Crippen molar-refractivity contribution < 1.29 is 23.1 Å². The molecule has 3 aliphatic carbocycles. The van der Waals surface area contributed by atoms with Gasteiger partial charge in [-0.1, -0.05) is 23.2 Å². The number of furan rings is 1. The Morgan fingerprint density at radius 1 is 1.06 bits per heavy atom. The molecule has 0 radical (unpaired) electrons. The van der Waals surface area contributed by atoms with Crippen LogP contribution in [-0.4, -0.2) is 29.5 Å². The zero-order chi connectivity index (χ0) is 23.2. The van der Waals surface area contributed by atoms with Crippen LogP contribution < -0.4 is 20.9 Å². The lowest BCUT2D eigenvalue weighted by Crippen LogP contribution is -2.66. The first-order chi connectivity index (χ1) is 15.7. The maximum absolute atomic E-state index is 13.5. The molecule has 1 aromatic heterocycles. The van der Waals surface area contributed by atoms with Gasteiger partial charge in [-0.3, -0.25) is 15.0 Å². The van der Waals surface area contributed by atoms with Crippen LogP contribution in [0.3, 0.4) is 0 Å². The van der Waals surface area contributed by atoms with Gasteiger partial charge in [0.05, 0.1) is 5.02 Å². The lowest BCUT2D eigenvalue weighted by Gasteiger charge is -2.47. The number of carbonyl (C=O) groups excluding carboxylic acids is 2. The lowest BCUT2D eigenvalue weighted by atomic mass is 9.71. The van der Waals surface area contributed by atoms with Crippen LogP contribution in [-0.2, 0) is 4.79 Å². The van der Waals surface area contributed by atoms with E-state index in [9.17, 15) is 14.0 Å². The molecule has 0 aliphatic heterocycles. The van der Waals surface area contributed by atoms with Gasteiger partial charge in [-0.05, 0) is 62.1 Å². The molecule has 2 bridgehead atoms. The van der Waals surface area contributed by atoms with E-state index < -0.39 is 5.82 Å². The number of carbonyl (C=O) groups is 2. The SMILES string of the molecule is O=C(COc1ccc(Cl)c(F)c1)NC12CCC(NNC(=O)c3cc4cc(Cl)ccc4o3)(C1)C2. The van der Waals surface area contributed by atoms with Crippen LogP contribution in [0.15, 0.2) is 46.9 Å². The predicted octanol–water partition coefficient (Wildman–Crippen LogP) is 4.37. The Hall–Kier alpha value is -2.81. The minimum Gasteiger partial charge on any atom is -0.484 e. The number of amides is 2. The Bertz CT molecular complexity index is 1260. The highest BCUT2D eigenvalue weighted by Gasteiger charge is 2.61. The molecule has 3 aromatic rings. The highest BCUT2D eigenvalue weighted by atomic mass is 35.5. The second-order valence-electron chi connectivity index (χ2n) is 8.70. The summed E-state index contributed by atoms with van der Waals surface area (Å²) in [5, 5.41) is 4.33. The molecular weight excluding hydrogens is 472 g/mol. The van der Waals surface area contributed by atoms with Gasteiger partial charge in [0.2, 0.25) is 0 Å². The minimum atomic E-state index is -0.604. The van der Waals surface area contributed by atoms with Crippen LogP contribution in [0, 0.1) is 5.82 Å². The second kappa shape index (κ2) is 8.20. The Balaban J connectivity index is 1.11. The summed E-state index contributed by atoms with van der Waals surface area (Å²) >= 11 is 11.6. The van der Waals surface area contributed by atoms with Crippen molar-refractivity contribution in [2.45, 2.75) is 36.8 Å². The first-order valence-electron chi connectivity index (χ1n) is 10.4. The molecule has 6 rings (SSSR count). The van der Waals surface area contributed by atoms with Gasteiger partial charge in [0.15, 0.2) is 12.4 Å². The third-order valence-corrected chi connectivity index (χ3v) is 6.79. The number of rotatable bonds is 7. The molecule has 7 nitrogen and oxygen atoms in total. The number of halogens is 3. The molecule has 33 heavy (non-hydrogen) atoms. The topological polar surface area (TPSA) is 92.6 Å². The summed E-state index contributed by atoms with van der Waals surface area (Å²) in [5.41, 5.74) is 5.81. The largest absolute Gasteiger partial charge is 0.484 e. The maximum Gasteiger partial charge on any atom is 0.301 e. The van der Waals surface area contributed by atoms with Crippen LogP contribution in [0.2, 0.25) is 10.0 Å². The summed E-state index contributed by atoms with van der Waals surface area (Å²) in [4.78, 5) is 24.9. The number of hydrogen-bond donors (Lipinski definition) is 3. The molecule has 3 saturated carbocycles. The van der Waals surface area contributed by atoms with Crippen molar-refractivity contribution in [1.82, 2.24) is 16.2 Å². The zero-order valence-corrected chi connectivity index (χ0v) is 18.9. The van der Waals surface area contributed by atoms with Crippen LogP contribution in [0.4, 0.5) is 4.39 Å². The average Bonchev–Trinajstić information content (AvgIpc) is 3.44. The van der Waals surface area contributed by atoms with Gasteiger partial charge < -0.3 is 14.5 Å². The Kier molecular flexibility index (Phi) is 5.47. The van der Waals surface area contributed by atoms with Crippen molar-refractivity contribution in [2.24, 2.45) is 0 Å². The molecule has 2 aromatic carbocycles. The van der Waals surface area contributed by atoms with E-state index in [1.54, 1.807) is 24.3 Å². The smallest absolute Gasteiger partial charge is 0.301 e. The number of ether oxygens (including phenoxy) is 1. The van der Waals surface area contributed by atoms with Crippen molar-refractivity contribution in [1.29, 1.82) is 0 Å². The monoisotopic (exact) mass is 491 g/mol. The third kappa shape index (κ3) is 4.38. The van der Waals surface area contributed by atoms with Gasteiger partial charge in [-0.15, -0.1) is 0 Å². The summed E-state index contributed by atoms with van der Waals surface area (Å²) in [7, 11) is 0. The van der Waals surface area contributed by atoms with Crippen molar-refractivity contribution in [2.75, 3.05) is 6.61 Å². The fourth-order valence-corrected chi connectivity index (χ4v) is 5.10. The average molecular weight is 492 g/mol. The molecule has 172 valence electrons. The van der Waals surface area contributed by atoms with E-state index in [2.05, 4.69) is 16.2 Å². The Morgan fingerprint density at radius 2 is 1.85 bits per heavy atom.